The second-order valence-electron chi connectivity index (χ2n) is 5.07. The number of methoxy groups -OCH3 is 1. The summed E-state index contributed by atoms with van der Waals surface area (Å²) in [6.07, 6.45) is 1.25. The molecule has 22 heavy (non-hydrogen) atoms. The summed E-state index contributed by atoms with van der Waals surface area (Å²) < 4.78 is 58.9. The molecule has 118 valence electrons. The third-order valence-corrected chi connectivity index (χ3v) is 3.37. The molecule has 0 unspecified atom stereocenters. The molecule has 1 nitrogen and oxygen atoms in total. The van der Waals surface area contributed by atoms with Crippen LogP contribution in [0.15, 0.2) is 24.3 Å². The van der Waals surface area contributed by atoms with E-state index in [0.29, 0.717) is 24.0 Å². The third kappa shape index (κ3) is 3.40. The molecule has 0 fully saturated rings. The van der Waals surface area contributed by atoms with E-state index in [1.54, 1.807) is 6.07 Å². The van der Waals surface area contributed by atoms with Crippen LogP contribution in [0.4, 0.5) is 17.6 Å². The number of rotatable bonds is 5. The van der Waals surface area contributed by atoms with Crippen LogP contribution in [0.25, 0.3) is 0 Å². The van der Waals surface area contributed by atoms with Gasteiger partial charge in [0, 0.05) is 0 Å². The van der Waals surface area contributed by atoms with E-state index in [1.165, 1.54) is 13.2 Å². The zero-order chi connectivity index (χ0) is 16.3. The summed E-state index contributed by atoms with van der Waals surface area (Å²) >= 11 is 0. The molecule has 5 heteroatoms. The van der Waals surface area contributed by atoms with Gasteiger partial charge >= 0.3 is 0 Å². The van der Waals surface area contributed by atoms with Gasteiger partial charge in [0.25, 0.3) is 0 Å². The fourth-order valence-corrected chi connectivity index (χ4v) is 2.37. The van der Waals surface area contributed by atoms with Crippen LogP contribution in [0.2, 0.25) is 0 Å². The molecule has 0 bridgehead atoms. The zero-order valence-electron chi connectivity index (χ0n) is 12.4. The summed E-state index contributed by atoms with van der Waals surface area (Å²) in [6.45, 7) is 1.87. The first-order chi connectivity index (χ1) is 10.5. The largest absolute Gasteiger partial charge is 0.494 e. The molecular formula is C17H16F4O. The van der Waals surface area contributed by atoms with Crippen LogP contribution in [-0.2, 0) is 12.8 Å². The van der Waals surface area contributed by atoms with Gasteiger partial charge < -0.3 is 4.74 Å². The number of ether oxygens (including phenoxy) is 1. The predicted molar refractivity (Wildman–Crippen MR) is 76.1 cm³/mol. The summed E-state index contributed by atoms with van der Waals surface area (Å²) in [4.78, 5) is 0. The fourth-order valence-electron chi connectivity index (χ4n) is 2.37. The van der Waals surface area contributed by atoms with E-state index in [9.17, 15) is 17.6 Å². The van der Waals surface area contributed by atoms with Gasteiger partial charge in [-0.2, -0.15) is 4.39 Å². The molecular weight excluding hydrogens is 296 g/mol. The molecule has 0 amide bonds. The molecule has 0 saturated carbocycles. The van der Waals surface area contributed by atoms with E-state index in [2.05, 4.69) is 0 Å². The van der Waals surface area contributed by atoms with E-state index in [-0.39, 0.29) is 17.7 Å². The minimum absolute atomic E-state index is 0.154. The van der Waals surface area contributed by atoms with Gasteiger partial charge in [-0.1, -0.05) is 19.4 Å². The minimum atomic E-state index is -1.07. The minimum Gasteiger partial charge on any atom is -0.494 e. The van der Waals surface area contributed by atoms with Crippen LogP contribution in [-0.4, -0.2) is 7.11 Å². The monoisotopic (exact) mass is 312 g/mol. The smallest absolute Gasteiger partial charge is 0.200 e. The average molecular weight is 312 g/mol. The molecule has 0 heterocycles. The number of hydrogen-bond donors (Lipinski definition) is 0. The predicted octanol–water partition coefficient (Wildman–Crippen LogP) is 4.79. The molecule has 0 aliphatic heterocycles. The van der Waals surface area contributed by atoms with Gasteiger partial charge in [-0.05, 0) is 47.7 Å². The second kappa shape index (κ2) is 6.81. The molecule has 0 spiro atoms. The maximum absolute atomic E-state index is 13.6. The van der Waals surface area contributed by atoms with Crippen LogP contribution in [0.3, 0.4) is 0 Å². The molecule has 0 N–H and O–H groups in total. The summed E-state index contributed by atoms with van der Waals surface area (Å²) in [7, 11) is 1.23. The van der Waals surface area contributed by atoms with E-state index in [0.717, 1.165) is 12.1 Å². The van der Waals surface area contributed by atoms with Crippen molar-refractivity contribution in [2.75, 3.05) is 7.11 Å². The highest BCUT2D eigenvalue weighted by atomic mass is 19.2. The lowest BCUT2D eigenvalue weighted by Crippen LogP contribution is -2.00. The lowest BCUT2D eigenvalue weighted by Gasteiger charge is -2.10. The topological polar surface area (TPSA) is 9.23 Å². The second-order valence-corrected chi connectivity index (χ2v) is 5.07. The summed E-state index contributed by atoms with van der Waals surface area (Å²) in [5, 5.41) is 0. The molecule has 0 radical (unpaired) electrons. The van der Waals surface area contributed by atoms with Crippen LogP contribution in [0.1, 0.15) is 30.0 Å². The highest BCUT2D eigenvalue weighted by Crippen LogP contribution is 2.25. The Hall–Kier alpha value is -2.04. The molecule has 2 rings (SSSR count). The van der Waals surface area contributed by atoms with Crippen molar-refractivity contribution in [3.63, 3.8) is 0 Å². The van der Waals surface area contributed by atoms with Crippen molar-refractivity contribution in [3.05, 3.63) is 64.2 Å². The lowest BCUT2D eigenvalue weighted by molar-refractivity contribution is 0.371. The standard InChI is InChI=1S/C17H16F4O/c1-3-4-12-6-10(7-13(18)16(12)20)5-11-8-14(19)17(21)15(9-11)22-2/h6-9H,3-5H2,1-2H3. The Labute approximate surface area is 126 Å². The summed E-state index contributed by atoms with van der Waals surface area (Å²) in [6, 6.07) is 5.00. The Balaban J connectivity index is 2.37. The number of halogens is 4. The zero-order valence-corrected chi connectivity index (χ0v) is 12.4. The maximum atomic E-state index is 13.6. The van der Waals surface area contributed by atoms with Crippen molar-refractivity contribution in [2.45, 2.75) is 26.2 Å². The molecule has 0 aliphatic carbocycles. The Kier molecular flexibility index (Phi) is 5.06. The van der Waals surface area contributed by atoms with Gasteiger partial charge in [0.15, 0.2) is 23.2 Å². The van der Waals surface area contributed by atoms with E-state index < -0.39 is 23.3 Å². The molecule has 0 aromatic heterocycles. The quantitative estimate of drug-likeness (QED) is 0.721. The molecule has 0 atom stereocenters. The van der Waals surface area contributed by atoms with Crippen LogP contribution in [0, 0.1) is 23.3 Å². The number of hydrogen-bond acceptors (Lipinski definition) is 1. The van der Waals surface area contributed by atoms with Gasteiger partial charge in [0.2, 0.25) is 5.82 Å². The van der Waals surface area contributed by atoms with E-state index >= 15 is 0 Å². The van der Waals surface area contributed by atoms with Crippen molar-refractivity contribution >= 4 is 0 Å². The Morgan fingerprint density at radius 1 is 0.864 bits per heavy atom. The van der Waals surface area contributed by atoms with Crippen molar-refractivity contribution in [2.24, 2.45) is 0 Å². The molecule has 0 aliphatic rings. The highest BCUT2D eigenvalue weighted by Gasteiger charge is 2.14. The highest BCUT2D eigenvalue weighted by molar-refractivity contribution is 5.36. The molecule has 2 aromatic carbocycles. The summed E-state index contributed by atoms with van der Waals surface area (Å²) in [5.41, 5.74) is 1.20. The van der Waals surface area contributed by atoms with E-state index in [4.69, 9.17) is 4.74 Å². The van der Waals surface area contributed by atoms with Crippen molar-refractivity contribution < 1.29 is 22.3 Å². The van der Waals surface area contributed by atoms with Crippen LogP contribution >= 0.6 is 0 Å². The van der Waals surface area contributed by atoms with Gasteiger partial charge in [-0.3, -0.25) is 0 Å². The van der Waals surface area contributed by atoms with Gasteiger partial charge in [-0.25, -0.2) is 13.2 Å². The first-order valence-electron chi connectivity index (χ1n) is 6.95. The average Bonchev–Trinajstić information content (AvgIpc) is 2.48. The van der Waals surface area contributed by atoms with Crippen molar-refractivity contribution in [3.8, 4) is 5.75 Å². The number of benzene rings is 2. The first-order valence-corrected chi connectivity index (χ1v) is 6.95. The Morgan fingerprint density at radius 3 is 2.05 bits per heavy atom. The fraction of sp³-hybridized carbons (Fsp3) is 0.294. The Bertz CT molecular complexity index is 683. The van der Waals surface area contributed by atoms with Gasteiger partial charge in [0.05, 0.1) is 7.11 Å². The molecule has 0 saturated heterocycles. The van der Waals surface area contributed by atoms with Crippen LogP contribution in [0.5, 0.6) is 5.75 Å². The van der Waals surface area contributed by atoms with Crippen molar-refractivity contribution in [1.29, 1.82) is 0 Å². The Morgan fingerprint density at radius 2 is 1.45 bits per heavy atom. The van der Waals surface area contributed by atoms with E-state index in [1.807, 2.05) is 6.92 Å². The molecule has 2 aromatic rings. The van der Waals surface area contributed by atoms with Crippen LogP contribution < -0.4 is 4.74 Å². The number of aryl methyl sites for hydroxylation is 1. The van der Waals surface area contributed by atoms with Crippen molar-refractivity contribution in [1.82, 2.24) is 0 Å². The summed E-state index contributed by atoms with van der Waals surface area (Å²) in [5.74, 6) is -4.11. The first kappa shape index (κ1) is 16.3. The maximum Gasteiger partial charge on any atom is 0.200 e. The SMILES string of the molecule is CCCc1cc(Cc2cc(F)c(F)c(OC)c2)cc(F)c1F. The third-order valence-electron chi connectivity index (χ3n) is 3.37. The lowest BCUT2D eigenvalue weighted by atomic mass is 10.00. The van der Waals surface area contributed by atoms with Gasteiger partial charge in [-0.15, -0.1) is 0 Å². The van der Waals surface area contributed by atoms with Gasteiger partial charge in [0.1, 0.15) is 0 Å². The normalized spacial score (nSPS) is 10.8.